The van der Waals surface area contributed by atoms with Crippen LogP contribution in [-0.4, -0.2) is 37.7 Å². The van der Waals surface area contributed by atoms with Crippen LogP contribution in [0.2, 0.25) is 5.15 Å². The third-order valence-corrected chi connectivity index (χ3v) is 5.64. The topological polar surface area (TPSA) is 70.5 Å². The molecule has 0 bridgehead atoms. The third kappa shape index (κ3) is 3.90. The first-order chi connectivity index (χ1) is 12.4. The number of hydrogen-bond acceptors (Lipinski definition) is 5. The minimum absolute atomic E-state index is 0.00409. The molecule has 3 rings (SSSR count). The molecule has 1 aromatic carbocycles. The van der Waals surface area contributed by atoms with Crippen LogP contribution in [0.3, 0.4) is 0 Å². The van der Waals surface area contributed by atoms with E-state index in [1.807, 2.05) is 31.2 Å². The Kier molecular flexibility index (Phi) is 5.60. The first kappa shape index (κ1) is 18.8. The van der Waals surface area contributed by atoms with E-state index in [2.05, 4.69) is 4.98 Å². The maximum atomic E-state index is 12.6. The number of fused-ring (bicyclic) bond motifs is 1. The van der Waals surface area contributed by atoms with Crippen molar-refractivity contribution in [2.75, 3.05) is 6.54 Å². The lowest BCUT2D eigenvalue weighted by atomic mass is 10.1. The quantitative estimate of drug-likeness (QED) is 0.454. The second-order valence-electron chi connectivity index (χ2n) is 5.85. The van der Waals surface area contributed by atoms with Gasteiger partial charge in [0.05, 0.1) is 10.4 Å². The molecule has 0 unspecified atom stereocenters. The van der Waals surface area contributed by atoms with Gasteiger partial charge in [0.25, 0.3) is 5.91 Å². The first-order valence-corrected chi connectivity index (χ1v) is 9.50. The molecule has 5 nitrogen and oxygen atoms in total. The van der Waals surface area contributed by atoms with E-state index in [1.54, 1.807) is 6.08 Å². The van der Waals surface area contributed by atoms with Crippen molar-refractivity contribution in [3.63, 3.8) is 0 Å². The lowest BCUT2D eigenvalue weighted by molar-refractivity contribution is -0.137. The molecule has 134 valence electrons. The summed E-state index contributed by atoms with van der Waals surface area (Å²) in [5, 5.41) is 9.99. The zero-order valence-electron chi connectivity index (χ0n) is 13.9. The fraction of sp³-hybridized carbons (Fsp3) is 0.222. The summed E-state index contributed by atoms with van der Waals surface area (Å²) in [4.78, 5) is 29.5. The van der Waals surface area contributed by atoms with E-state index in [1.165, 1.54) is 16.7 Å². The number of nitrogens with zero attached hydrogens (tertiary/aromatic N) is 2. The fourth-order valence-corrected chi connectivity index (χ4v) is 4.16. The lowest BCUT2D eigenvalue weighted by Crippen LogP contribution is -2.29. The number of rotatable bonds is 5. The van der Waals surface area contributed by atoms with Crippen LogP contribution in [0, 0.1) is 6.92 Å². The molecule has 0 aliphatic carbocycles. The summed E-state index contributed by atoms with van der Waals surface area (Å²) in [6, 6.07) is 7.75. The van der Waals surface area contributed by atoms with E-state index < -0.39 is 5.97 Å². The summed E-state index contributed by atoms with van der Waals surface area (Å²) < 4.78 is 0.423. The number of pyridine rings is 1. The number of carboxylic acid groups (broad SMARTS) is 1. The summed E-state index contributed by atoms with van der Waals surface area (Å²) in [5.41, 5.74) is 2.51. The van der Waals surface area contributed by atoms with Gasteiger partial charge >= 0.3 is 5.97 Å². The van der Waals surface area contributed by atoms with Crippen LogP contribution in [0.5, 0.6) is 0 Å². The highest BCUT2D eigenvalue weighted by molar-refractivity contribution is 8.26. The SMILES string of the molecule is Cc1cccc2cc(C=C3SC(=S)N(CCCC(=O)O)C3=O)c(Cl)nc12. The smallest absolute Gasteiger partial charge is 0.303 e. The molecule has 0 spiro atoms. The number of carbonyl (C=O) groups excluding carboxylic acids is 1. The molecule has 1 N–H and O–H groups in total. The predicted molar refractivity (Wildman–Crippen MR) is 108 cm³/mol. The molecule has 1 aliphatic heterocycles. The minimum atomic E-state index is -0.893. The number of aliphatic carboxylic acids is 1. The number of halogens is 1. The van der Waals surface area contributed by atoms with Gasteiger partial charge in [-0.2, -0.15) is 0 Å². The number of hydrogen-bond donors (Lipinski definition) is 1. The van der Waals surface area contributed by atoms with Gasteiger partial charge in [0, 0.05) is 23.9 Å². The van der Waals surface area contributed by atoms with Gasteiger partial charge in [-0.15, -0.1) is 0 Å². The molecular weight excluding hydrogens is 392 g/mol. The average Bonchev–Trinajstić information content (AvgIpc) is 2.84. The standard InChI is InChI=1S/C18H15ClN2O3S2/c1-10-4-2-5-11-8-12(16(19)20-15(10)11)9-13-17(24)21(18(25)26-13)7-3-6-14(22)23/h2,4-5,8-9H,3,6-7H2,1H3,(H,22,23). The van der Waals surface area contributed by atoms with E-state index >= 15 is 0 Å². The van der Waals surface area contributed by atoms with E-state index in [0.717, 1.165) is 16.5 Å². The average molecular weight is 407 g/mol. The van der Waals surface area contributed by atoms with Crippen molar-refractivity contribution < 1.29 is 14.7 Å². The number of thiocarbonyl (C=S) groups is 1. The number of para-hydroxylation sites is 1. The molecule has 1 amide bonds. The Hall–Kier alpha value is -1.96. The van der Waals surface area contributed by atoms with Gasteiger partial charge in [0.1, 0.15) is 9.47 Å². The van der Waals surface area contributed by atoms with Gasteiger partial charge in [0.2, 0.25) is 0 Å². The third-order valence-electron chi connectivity index (χ3n) is 3.96. The molecule has 2 heterocycles. The van der Waals surface area contributed by atoms with Gasteiger partial charge in [-0.05, 0) is 31.1 Å². The number of aryl methyl sites for hydroxylation is 1. The minimum Gasteiger partial charge on any atom is -0.481 e. The van der Waals surface area contributed by atoms with Gasteiger partial charge in [-0.3, -0.25) is 14.5 Å². The Morgan fingerprint density at radius 1 is 1.46 bits per heavy atom. The number of carbonyl (C=O) groups is 2. The second-order valence-corrected chi connectivity index (χ2v) is 7.88. The lowest BCUT2D eigenvalue weighted by Gasteiger charge is -2.13. The van der Waals surface area contributed by atoms with Gasteiger partial charge in [-0.25, -0.2) is 4.98 Å². The van der Waals surface area contributed by atoms with Gasteiger partial charge < -0.3 is 5.11 Å². The zero-order valence-corrected chi connectivity index (χ0v) is 16.2. The van der Waals surface area contributed by atoms with Crippen molar-refractivity contribution in [2.24, 2.45) is 0 Å². The van der Waals surface area contributed by atoms with Crippen molar-refractivity contribution in [3.05, 3.63) is 45.5 Å². The van der Waals surface area contributed by atoms with Crippen molar-refractivity contribution >= 4 is 68.8 Å². The van der Waals surface area contributed by atoms with Crippen LogP contribution in [-0.2, 0) is 9.59 Å². The maximum Gasteiger partial charge on any atom is 0.303 e. The summed E-state index contributed by atoms with van der Waals surface area (Å²) in [6.45, 7) is 2.25. The molecular formula is C18H15ClN2O3S2. The van der Waals surface area contributed by atoms with Crippen LogP contribution < -0.4 is 0 Å². The maximum absolute atomic E-state index is 12.6. The van der Waals surface area contributed by atoms with Crippen molar-refractivity contribution in [3.8, 4) is 0 Å². The van der Waals surface area contributed by atoms with Gasteiger partial charge in [-0.1, -0.05) is 53.8 Å². The van der Waals surface area contributed by atoms with Crippen LogP contribution in [0.4, 0.5) is 0 Å². The predicted octanol–water partition coefficient (Wildman–Crippen LogP) is 4.26. The molecule has 0 radical (unpaired) electrons. The van der Waals surface area contributed by atoms with Crippen LogP contribution in [0.25, 0.3) is 17.0 Å². The van der Waals surface area contributed by atoms with Gasteiger partial charge in [0.15, 0.2) is 0 Å². The molecule has 8 heteroatoms. The Balaban J connectivity index is 1.87. The first-order valence-electron chi connectivity index (χ1n) is 7.90. The molecule has 2 aromatic rings. The van der Waals surface area contributed by atoms with Crippen molar-refractivity contribution in [1.29, 1.82) is 0 Å². The number of carboxylic acids is 1. The molecule has 26 heavy (non-hydrogen) atoms. The molecule has 1 aromatic heterocycles. The highest BCUT2D eigenvalue weighted by Crippen LogP contribution is 2.34. The second kappa shape index (κ2) is 7.73. The van der Waals surface area contributed by atoms with Crippen LogP contribution >= 0.6 is 35.6 Å². The highest BCUT2D eigenvalue weighted by atomic mass is 35.5. The highest BCUT2D eigenvalue weighted by Gasteiger charge is 2.31. The van der Waals surface area contributed by atoms with E-state index in [-0.39, 0.29) is 18.9 Å². The van der Waals surface area contributed by atoms with Crippen LogP contribution in [0.1, 0.15) is 24.0 Å². The summed E-state index contributed by atoms with van der Waals surface area (Å²) in [5.74, 6) is -1.12. The molecule has 1 aliphatic rings. The molecule has 0 saturated carbocycles. The summed E-state index contributed by atoms with van der Waals surface area (Å²) in [7, 11) is 0. The van der Waals surface area contributed by atoms with E-state index in [9.17, 15) is 9.59 Å². The number of amides is 1. The monoisotopic (exact) mass is 406 g/mol. The molecule has 1 fully saturated rings. The molecule has 1 saturated heterocycles. The summed E-state index contributed by atoms with van der Waals surface area (Å²) in [6.07, 6.45) is 2.04. The number of benzene rings is 1. The number of thioether (sulfide) groups is 1. The fourth-order valence-electron chi connectivity index (χ4n) is 2.66. The zero-order chi connectivity index (χ0) is 18.8. The Labute approximate surface area is 165 Å². The van der Waals surface area contributed by atoms with Crippen LogP contribution in [0.15, 0.2) is 29.2 Å². The Morgan fingerprint density at radius 2 is 2.23 bits per heavy atom. The Morgan fingerprint density at radius 3 is 2.96 bits per heavy atom. The summed E-state index contributed by atoms with van der Waals surface area (Å²) >= 11 is 12.7. The van der Waals surface area contributed by atoms with E-state index in [0.29, 0.717) is 26.4 Å². The van der Waals surface area contributed by atoms with Crippen molar-refractivity contribution in [2.45, 2.75) is 19.8 Å². The number of aromatic nitrogens is 1. The molecule has 0 atom stereocenters. The van der Waals surface area contributed by atoms with E-state index in [4.69, 9.17) is 28.9 Å². The Bertz CT molecular complexity index is 959. The normalized spacial score (nSPS) is 16.1. The largest absolute Gasteiger partial charge is 0.481 e. The van der Waals surface area contributed by atoms with Crippen molar-refractivity contribution in [1.82, 2.24) is 9.88 Å².